The van der Waals surface area contributed by atoms with Crippen molar-refractivity contribution >= 4 is 17.2 Å². The first-order valence-corrected chi connectivity index (χ1v) is 10.2. The molecule has 30 heavy (non-hydrogen) atoms. The van der Waals surface area contributed by atoms with E-state index in [9.17, 15) is 4.79 Å². The number of amides is 1. The van der Waals surface area contributed by atoms with Crippen molar-refractivity contribution in [3.8, 4) is 17.0 Å². The van der Waals surface area contributed by atoms with E-state index in [1.165, 1.54) is 0 Å². The van der Waals surface area contributed by atoms with Crippen LogP contribution in [0.1, 0.15) is 12.8 Å². The first kappa shape index (κ1) is 20.2. The van der Waals surface area contributed by atoms with Crippen molar-refractivity contribution in [2.75, 3.05) is 45.4 Å². The van der Waals surface area contributed by atoms with Crippen LogP contribution in [0.4, 0.5) is 5.82 Å². The summed E-state index contributed by atoms with van der Waals surface area (Å²) in [4.78, 5) is 19.2. The maximum absolute atomic E-state index is 12.3. The fourth-order valence-corrected chi connectivity index (χ4v) is 3.85. The number of nitrogens with zero attached hydrogens (tertiary/aromatic N) is 4. The highest BCUT2D eigenvalue weighted by Crippen LogP contribution is 2.29. The van der Waals surface area contributed by atoms with E-state index in [4.69, 9.17) is 14.6 Å². The highest BCUT2D eigenvalue weighted by atomic mass is 16.5. The Kier molecular flexibility index (Phi) is 6.13. The minimum atomic E-state index is 0.0371. The molecule has 2 aromatic heterocycles. The summed E-state index contributed by atoms with van der Waals surface area (Å²) >= 11 is 0. The van der Waals surface area contributed by atoms with Crippen LogP contribution >= 0.6 is 0 Å². The topological polar surface area (TPSA) is 81.0 Å². The Hall–Kier alpha value is -3.13. The third kappa shape index (κ3) is 4.23. The molecule has 0 unspecified atom stereocenters. The van der Waals surface area contributed by atoms with Crippen molar-refractivity contribution in [1.29, 1.82) is 0 Å². The lowest BCUT2D eigenvalue weighted by molar-refractivity contribution is -0.125. The molecule has 0 radical (unpaired) electrons. The van der Waals surface area contributed by atoms with Crippen LogP contribution in [0.25, 0.3) is 16.8 Å². The van der Waals surface area contributed by atoms with Crippen LogP contribution in [-0.2, 0) is 9.53 Å². The number of carbonyl (C=O) groups excluding carboxylic acids is 1. The lowest BCUT2D eigenvalue weighted by Gasteiger charge is -2.32. The minimum absolute atomic E-state index is 0.0371. The monoisotopic (exact) mass is 409 g/mol. The largest absolute Gasteiger partial charge is 0.497 e. The summed E-state index contributed by atoms with van der Waals surface area (Å²) in [5, 5.41) is 7.66. The molecule has 0 spiro atoms. The molecular formula is C22H27N5O3. The lowest BCUT2D eigenvalue weighted by atomic mass is 9.96. The van der Waals surface area contributed by atoms with Crippen molar-refractivity contribution in [2.45, 2.75) is 12.8 Å². The molecule has 3 aromatic rings. The molecule has 1 N–H and O–H groups in total. The Bertz CT molecular complexity index is 1010. The predicted molar refractivity (Wildman–Crippen MR) is 115 cm³/mol. The quantitative estimate of drug-likeness (QED) is 0.604. The molecule has 1 aromatic carbocycles. The predicted octanol–water partition coefficient (Wildman–Crippen LogP) is 2.38. The smallest absolute Gasteiger partial charge is 0.223 e. The standard InChI is InChI=1S/C22H27N5O3/c1-29-13-9-24-22(28)16-6-10-26(11-7-16)21-20-15-19(25-27(20)12-8-23-21)17-4-3-5-18(14-17)30-2/h3-5,8,12,14-16H,6-7,9-11,13H2,1-2H3,(H,24,28). The van der Waals surface area contributed by atoms with E-state index in [0.29, 0.717) is 13.2 Å². The van der Waals surface area contributed by atoms with Gasteiger partial charge in [0.1, 0.15) is 11.3 Å². The molecule has 1 saturated heterocycles. The van der Waals surface area contributed by atoms with E-state index in [0.717, 1.165) is 54.3 Å². The zero-order chi connectivity index (χ0) is 20.9. The maximum atomic E-state index is 12.3. The van der Waals surface area contributed by atoms with E-state index in [-0.39, 0.29) is 11.8 Å². The van der Waals surface area contributed by atoms with Crippen LogP contribution in [0.3, 0.4) is 0 Å². The fourth-order valence-electron chi connectivity index (χ4n) is 3.85. The second kappa shape index (κ2) is 9.13. The highest BCUT2D eigenvalue weighted by molar-refractivity contribution is 5.79. The van der Waals surface area contributed by atoms with E-state index in [1.54, 1.807) is 20.4 Å². The summed E-state index contributed by atoms with van der Waals surface area (Å²) in [5.74, 6) is 1.85. The molecule has 3 heterocycles. The normalized spacial score (nSPS) is 14.8. The minimum Gasteiger partial charge on any atom is -0.497 e. The van der Waals surface area contributed by atoms with Gasteiger partial charge in [-0.05, 0) is 31.0 Å². The SMILES string of the molecule is COCCNC(=O)C1CCN(c2nccn3nc(-c4cccc(OC)c4)cc23)CC1. The molecule has 1 aliphatic rings. The Labute approximate surface area is 175 Å². The highest BCUT2D eigenvalue weighted by Gasteiger charge is 2.26. The van der Waals surface area contributed by atoms with Gasteiger partial charge in [-0.3, -0.25) is 4.79 Å². The van der Waals surface area contributed by atoms with Gasteiger partial charge in [-0.2, -0.15) is 5.10 Å². The van der Waals surface area contributed by atoms with Gasteiger partial charge in [-0.15, -0.1) is 0 Å². The Morgan fingerprint density at radius 3 is 2.83 bits per heavy atom. The van der Waals surface area contributed by atoms with Gasteiger partial charge in [-0.1, -0.05) is 12.1 Å². The molecule has 0 atom stereocenters. The van der Waals surface area contributed by atoms with E-state index >= 15 is 0 Å². The first-order chi connectivity index (χ1) is 14.7. The molecule has 8 nitrogen and oxygen atoms in total. The molecule has 1 amide bonds. The maximum Gasteiger partial charge on any atom is 0.223 e. The molecule has 0 aliphatic carbocycles. The number of methoxy groups -OCH3 is 2. The van der Waals surface area contributed by atoms with Gasteiger partial charge >= 0.3 is 0 Å². The van der Waals surface area contributed by atoms with Crippen molar-refractivity contribution in [3.63, 3.8) is 0 Å². The molecular weight excluding hydrogens is 382 g/mol. The Balaban J connectivity index is 1.50. The van der Waals surface area contributed by atoms with Gasteiger partial charge < -0.3 is 19.7 Å². The zero-order valence-electron chi connectivity index (χ0n) is 17.4. The van der Waals surface area contributed by atoms with Crippen molar-refractivity contribution in [2.24, 2.45) is 5.92 Å². The summed E-state index contributed by atoms with van der Waals surface area (Å²) in [6, 6.07) is 9.93. The van der Waals surface area contributed by atoms with Crippen LogP contribution in [0, 0.1) is 5.92 Å². The van der Waals surface area contributed by atoms with Crippen LogP contribution in [0.5, 0.6) is 5.75 Å². The van der Waals surface area contributed by atoms with Crippen molar-refractivity contribution < 1.29 is 14.3 Å². The molecule has 4 rings (SSSR count). The average molecular weight is 409 g/mol. The van der Waals surface area contributed by atoms with Crippen LogP contribution in [-0.4, -0.2) is 61.0 Å². The number of piperidine rings is 1. The third-order valence-electron chi connectivity index (χ3n) is 5.51. The molecule has 1 aliphatic heterocycles. The van der Waals surface area contributed by atoms with E-state index in [2.05, 4.69) is 21.3 Å². The molecule has 1 fully saturated rings. The van der Waals surface area contributed by atoms with E-state index < -0.39 is 0 Å². The summed E-state index contributed by atoms with van der Waals surface area (Å²) in [6.45, 7) is 2.66. The number of carbonyl (C=O) groups is 1. The van der Waals surface area contributed by atoms with Crippen LogP contribution in [0.15, 0.2) is 42.7 Å². The van der Waals surface area contributed by atoms with Gasteiger partial charge in [0, 0.05) is 50.6 Å². The number of fused-ring (bicyclic) bond motifs is 1. The first-order valence-electron chi connectivity index (χ1n) is 10.2. The van der Waals surface area contributed by atoms with Crippen LogP contribution < -0.4 is 15.0 Å². The lowest BCUT2D eigenvalue weighted by Crippen LogP contribution is -2.41. The molecule has 158 valence electrons. The number of benzene rings is 1. The zero-order valence-corrected chi connectivity index (χ0v) is 17.4. The van der Waals surface area contributed by atoms with Crippen molar-refractivity contribution in [3.05, 3.63) is 42.7 Å². The summed E-state index contributed by atoms with van der Waals surface area (Å²) < 4.78 is 12.2. The summed E-state index contributed by atoms with van der Waals surface area (Å²) in [7, 11) is 3.29. The number of hydrogen-bond acceptors (Lipinski definition) is 6. The number of aromatic nitrogens is 3. The fraction of sp³-hybridized carbons (Fsp3) is 0.409. The number of ether oxygens (including phenoxy) is 2. The Morgan fingerprint density at radius 1 is 1.23 bits per heavy atom. The second-order valence-electron chi connectivity index (χ2n) is 7.39. The summed E-state index contributed by atoms with van der Waals surface area (Å²) in [5.41, 5.74) is 2.82. The van der Waals surface area contributed by atoms with Crippen molar-refractivity contribution in [1.82, 2.24) is 19.9 Å². The number of rotatable bonds is 7. The van der Waals surface area contributed by atoms with Gasteiger partial charge in [0.15, 0.2) is 5.82 Å². The average Bonchev–Trinajstić information content (AvgIpc) is 3.24. The third-order valence-corrected chi connectivity index (χ3v) is 5.51. The van der Waals surface area contributed by atoms with Crippen LogP contribution in [0.2, 0.25) is 0 Å². The molecule has 8 heteroatoms. The number of nitrogens with one attached hydrogen (secondary N) is 1. The number of anilines is 1. The van der Waals surface area contributed by atoms with Gasteiger partial charge in [-0.25, -0.2) is 9.50 Å². The van der Waals surface area contributed by atoms with Gasteiger partial charge in [0.2, 0.25) is 5.91 Å². The summed E-state index contributed by atoms with van der Waals surface area (Å²) in [6.07, 6.45) is 5.24. The van der Waals surface area contributed by atoms with Gasteiger partial charge in [0.05, 0.1) is 19.4 Å². The van der Waals surface area contributed by atoms with E-state index in [1.807, 2.05) is 35.0 Å². The number of hydrogen-bond donors (Lipinski definition) is 1. The second-order valence-corrected chi connectivity index (χ2v) is 7.39. The Morgan fingerprint density at radius 2 is 2.07 bits per heavy atom. The van der Waals surface area contributed by atoms with Gasteiger partial charge in [0.25, 0.3) is 0 Å². The molecule has 0 saturated carbocycles. The molecule has 0 bridgehead atoms.